The van der Waals surface area contributed by atoms with Gasteiger partial charge >= 0.3 is 5.97 Å². The Bertz CT molecular complexity index is 361. The molecule has 1 amide bonds. The third-order valence-corrected chi connectivity index (χ3v) is 3.57. The van der Waals surface area contributed by atoms with Crippen LogP contribution in [-0.2, 0) is 9.59 Å². The first-order valence-electron chi connectivity index (χ1n) is 4.17. The van der Waals surface area contributed by atoms with Gasteiger partial charge in [0.25, 0.3) is 0 Å². The molecule has 0 aliphatic carbocycles. The molecule has 0 saturated carbocycles. The Balaban J connectivity index is 2.42. The summed E-state index contributed by atoms with van der Waals surface area (Å²) in [5, 5.41) is 9.00. The van der Waals surface area contributed by atoms with Crippen molar-refractivity contribution in [3.05, 3.63) is 23.9 Å². The van der Waals surface area contributed by atoms with Crippen LogP contribution >= 0.6 is 11.8 Å². The van der Waals surface area contributed by atoms with Crippen LogP contribution in [0.5, 0.6) is 0 Å². The summed E-state index contributed by atoms with van der Waals surface area (Å²) in [6.07, 6.45) is 1.96. The van der Waals surface area contributed by atoms with Crippen molar-refractivity contribution >= 4 is 23.6 Å². The molecule has 1 fully saturated rings. The van der Waals surface area contributed by atoms with E-state index < -0.39 is 5.97 Å². The van der Waals surface area contributed by atoms with Crippen molar-refractivity contribution in [1.29, 1.82) is 0 Å². The fourth-order valence-corrected chi connectivity index (χ4v) is 2.85. The average Bonchev–Trinajstić information content (AvgIpc) is 2.15. The molecule has 74 valence electrons. The van der Waals surface area contributed by atoms with Gasteiger partial charge in [-0.25, -0.2) is 4.79 Å². The second-order valence-corrected chi connectivity index (χ2v) is 4.28. The van der Waals surface area contributed by atoms with Crippen LogP contribution < -0.4 is 0 Å². The number of allylic oxidation sites excluding steroid dienone is 1. The number of β-lactam (4-membered cyclic amide) rings is 1. The van der Waals surface area contributed by atoms with E-state index in [1.807, 2.05) is 0 Å². The van der Waals surface area contributed by atoms with Crippen molar-refractivity contribution in [3.63, 3.8) is 0 Å². The molecule has 2 aliphatic rings. The Morgan fingerprint density at radius 3 is 2.93 bits per heavy atom. The van der Waals surface area contributed by atoms with E-state index >= 15 is 0 Å². The minimum atomic E-state index is -1.04. The summed E-state index contributed by atoms with van der Waals surface area (Å²) in [5.41, 5.74) is 0.742. The highest BCUT2D eigenvalue weighted by Crippen LogP contribution is 2.39. The summed E-state index contributed by atoms with van der Waals surface area (Å²) >= 11 is 1.58. The maximum Gasteiger partial charge on any atom is 0.352 e. The van der Waals surface area contributed by atoms with Crippen LogP contribution in [0.1, 0.15) is 6.42 Å². The Hall–Kier alpha value is -1.23. The van der Waals surface area contributed by atoms with E-state index in [9.17, 15) is 9.59 Å². The number of carboxylic acids is 1. The maximum absolute atomic E-state index is 11.2. The smallest absolute Gasteiger partial charge is 0.352 e. The van der Waals surface area contributed by atoms with Gasteiger partial charge in [-0.1, -0.05) is 12.7 Å². The number of nitrogens with zero attached hydrogens (tertiary/aromatic N) is 1. The van der Waals surface area contributed by atoms with Crippen LogP contribution in [0.2, 0.25) is 0 Å². The first-order chi connectivity index (χ1) is 6.65. The summed E-state index contributed by atoms with van der Waals surface area (Å²) in [6.45, 7) is 3.55. The number of aliphatic carboxylic acids is 1. The van der Waals surface area contributed by atoms with Crippen molar-refractivity contribution in [2.45, 2.75) is 11.8 Å². The van der Waals surface area contributed by atoms with Gasteiger partial charge in [0.05, 0.1) is 11.8 Å². The second-order valence-electron chi connectivity index (χ2n) is 3.12. The van der Waals surface area contributed by atoms with E-state index in [2.05, 4.69) is 6.58 Å². The van der Waals surface area contributed by atoms with E-state index in [0.29, 0.717) is 17.7 Å². The molecule has 1 N–H and O–H groups in total. The topological polar surface area (TPSA) is 57.6 Å². The van der Waals surface area contributed by atoms with Crippen molar-refractivity contribution in [3.8, 4) is 0 Å². The lowest BCUT2D eigenvalue weighted by molar-refractivity contribution is -0.146. The van der Waals surface area contributed by atoms with Gasteiger partial charge in [0.1, 0.15) is 5.70 Å². The zero-order valence-corrected chi connectivity index (χ0v) is 8.21. The van der Waals surface area contributed by atoms with Crippen LogP contribution in [0.4, 0.5) is 0 Å². The predicted octanol–water partition coefficient (Wildman–Crippen LogP) is 0.816. The van der Waals surface area contributed by atoms with Crippen molar-refractivity contribution in [2.75, 3.05) is 5.75 Å². The number of hydrogen-bond donors (Lipinski definition) is 1. The Kier molecular flexibility index (Phi) is 2.11. The number of carbonyl (C=O) groups excluding carboxylic acids is 1. The van der Waals surface area contributed by atoms with Crippen LogP contribution in [0.25, 0.3) is 0 Å². The van der Waals surface area contributed by atoms with E-state index in [4.69, 9.17) is 5.11 Å². The van der Waals surface area contributed by atoms with Gasteiger partial charge in [0.2, 0.25) is 5.91 Å². The van der Waals surface area contributed by atoms with Crippen molar-refractivity contribution in [2.24, 2.45) is 0 Å². The first kappa shape index (κ1) is 9.33. The number of carboxylic acid groups (broad SMARTS) is 1. The number of carbonyl (C=O) groups is 2. The first-order valence-corrected chi connectivity index (χ1v) is 5.22. The molecule has 2 aliphatic heterocycles. The zero-order chi connectivity index (χ0) is 10.3. The van der Waals surface area contributed by atoms with Gasteiger partial charge in [-0.3, -0.25) is 9.69 Å². The SMILES string of the molecule is C=CC1=C(C(=O)O)N2C(=O)C[C@@H]2SC1. The van der Waals surface area contributed by atoms with Gasteiger partial charge in [0.15, 0.2) is 0 Å². The number of thioether (sulfide) groups is 1. The van der Waals surface area contributed by atoms with Gasteiger partial charge < -0.3 is 5.11 Å². The third-order valence-electron chi connectivity index (χ3n) is 2.33. The highest BCUT2D eigenvalue weighted by Gasteiger charge is 2.44. The number of hydrogen-bond acceptors (Lipinski definition) is 3. The fraction of sp³-hybridized carbons (Fsp3) is 0.333. The van der Waals surface area contributed by atoms with Gasteiger partial charge in [-0.2, -0.15) is 0 Å². The molecule has 2 rings (SSSR count). The molecule has 0 spiro atoms. The standard InChI is InChI=1S/C9H9NO3S/c1-2-5-4-14-7-3-6(11)10(7)8(5)9(12)13/h2,7H,1,3-4H2,(H,12,13)/t7-/m0/s1. The normalized spacial score (nSPS) is 25.6. The van der Waals surface area contributed by atoms with E-state index in [1.54, 1.807) is 11.8 Å². The highest BCUT2D eigenvalue weighted by molar-refractivity contribution is 8.00. The lowest BCUT2D eigenvalue weighted by Gasteiger charge is -2.43. The lowest BCUT2D eigenvalue weighted by atomic mass is 10.1. The monoisotopic (exact) mass is 211 g/mol. The molecule has 4 nitrogen and oxygen atoms in total. The molecule has 0 aromatic carbocycles. The van der Waals surface area contributed by atoms with Crippen molar-refractivity contribution in [1.82, 2.24) is 4.90 Å². The molecule has 0 aromatic heterocycles. The molecule has 14 heavy (non-hydrogen) atoms. The Morgan fingerprint density at radius 2 is 2.43 bits per heavy atom. The van der Waals surface area contributed by atoms with Crippen LogP contribution in [0.3, 0.4) is 0 Å². The van der Waals surface area contributed by atoms with Crippen LogP contribution in [0.15, 0.2) is 23.9 Å². The quantitative estimate of drug-likeness (QED) is 0.687. The third kappa shape index (κ3) is 1.16. The highest BCUT2D eigenvalue weighted by atomic mass is 32.2. The molecule has 5 heteroatoms. The van der Waals surface area contributed by atoms with Crippen LogP contribution in [0, 0.1) is 0 Å². The molecular weight excluding hydrogens is 202 g/mol. The minimum absolute atomic E-state index is 0.0253. The molecule has 0 radical (unpaired) electrons. The van der Waals surface area contributed by atoms with E-state index in [-0.39, 0.29) is 17.0 Å². The lowest BCUT2D eigenvalue weighted by Crippen LogP contribution is -2.53. The molecule has 0 aromatic rings. The van der Waals surface area contributed by atoms with Gasteiger partial charge in [-0.05, 0) is 5.57 Å². The summed E-state index contributed by atoms with van der Waals surface area (Å²) in [6, 6.07) is 0. The summed E-state index contributed by atoms with van der Waals surface area (Å²) in [7, 11) is 0. The molecule has 0 bridgehead atoms. The second kappa shape index (κ2) is 3.16. The number of amides is 1. The molecule has 1 atom stereocenters. The van der Waals surface area contributed by atoms with Crippen LogP contribution in [-0.4, -0.2) is 33.0 Å². The number of rotatable bonds is 2. The average molecular weight is 211 g/mol. The largest absolute Gasteiger partial charge is 0.477 e. The molecule has 1 saturated heterocycles. The summed E-state index contributed by atoms with van der Waals surface area (Å²) < 4.78 is 0. The predicted molar refractivity (Wildman–Crippen MR) is 52.6 cm³/mol. The molecular formula is C9H9NO3S. The Labute approximate surface area is 85.3 Å². The fourth-order valence-electron chi connectivity index (χ4n) is 1.59. The van der Waals surface area contributed by atoms with Gasteiger partial charge in [-0.15, -0.1) is 11.8 Å². The van der Waals surface area contributed by atoms with Gasteiger partial charge in [0, 0.05) is 5.75 Å². The molecule has 2 heterocycles. The van der Waals surface area contributed by atoms with E-state index in [1.165, 1.54) is 11.0 Å². The van der Waals surface area contributed by atoms with E-state index in [0.717, 1.165) is 0 Å². The molecule has 0 unspecified atom stereocenters. The minimum Gasteiger partial charge on any atom is -0.477 e. The summed E-state index contributed by atoms with van der Waals surface area (Å²) in [5.74, 6) is -0.531. The van der Waals surface area contributed by atoms with Crippen molar-refractivity contribution < 1.29 is 14.7 Å². The maximum atomic E-state index is 11.2. The Morgan fingerprint density at radius 1 is 1.71 bits per heavy atom. The number of fused-ring (bicyclic) bond motifs is 1. The summed E-state index contributed by atoms with van der Waals surface area (Å²) in [4.78, 5) is 23.5. The zero-order valence-electron chi connectivity index (χ0n) is 7.40.